The standard InChI is InChI=1S/C20H18N4O/c1-13-5-3-6-14(2)19(13)24-10-9-15(11-24)20-22-17-8-4-7-16(21-12-25)18(17)23-20/h3-12H,1-2H3,(H,21,25)(H,22,23). The van der Waals surface area contributed by atoms with E-state index in [4.69, 9.17) is 0 Å². The molecule has 0 radical (unpaired) electrons. The highest BCUT2D eigenvalue weighted by molar-refractivity contribution is 5.94. The minimum absolute atomic E-state index is 0.667. The van der Waals surface area contributed by atoms with Crippen LogP contribution in [0.15, 0.2) is 54.9 Å². The van der Waals surface area contributed by atoms with Crippen LogP contribution in [0.1, 0.15) is 11.1 Å². The maximum absolute atomic E-state index is 10.8. The van der Waals surface area contributed by atoms with Gasteiger partial charge < -0.3 is 14.9 Å². The van der Waals surface area contributed by atoms with E-state index in [0.717, 1.165) is 22.4 Å². The Kier molecular flexibility index (Phi) is 3.61. The molecule has 0 aliphatic heterocycles. The summed E-state index contributed by atoms with van der Waals surface area (Å²) in [5.74, 6) is 0.778. The van der Waals surface area contributed by atoms with E-state index in [1.54, 1.807) is 0 Å². The third kappa shape index (κ3) is 2.59. The van der Waals surface area contributed by atoms with Crippen molar-refractivity contribution < 1.29 is 4.79 Å². The zero-order chi connectivity index (χ0) is 17.4. The fourth-order valence-electron chi connectivity index (χ4n) is 3.24. The van der Waals surface area contributed by atoms with E-state index < -0.39 is 0 Å². The molecule has 0 saturated heterocycles. The smallest absolute Gasteiger partial charge is 0.211 e. The zero-order valence-electron chi connectivity index (χ0n) is 14.1. The van der Waals surface area contributed by atoms with E-state index in [1.165, 1.54) is 16.8 Å². The quantitative estimate of drug-likeness (QED) is 0.551. The number of amides is 1. The normalized spacial score (nSPS) is 11.0. The average Bonchev–Trinajstić information content (AvgIpc) is 3.22. The maximum atomic E-state index is 10.8. The second-order valence-electron chi connectivity index (χ2n) is 6.10. The molecule has 0 saturated carbocycles. The second-order valence-corrected chi connectivity index (χ2v) is 6.10. The lowest BCUT2D eigenvalue weighted by atomic mass is 10.1. The predicted octanol–water partition coefficient (Wildman–Crippen LogP) is 4.21. The molecule has 0 fully saturated rings. The van der Waals surface area contributed by atoms with E-state index in [-0.39, 0.29) is 0 Å². The summed E-state index contributed by atoms with van der Waals surface area (Å²) in [5, 5.41) is 2.69. The van der Waals surface area contributed by atoms with E-state index in [9.17, 15) is 4.79 Å². The van der Waals surface area contributed by atoms with Crippen LogP contribution in [-0.2, 0) is 4.79 Å². The van der Waals surface area contributed by atoms with Gasteiger partial charge in [-0.25, -0.2) is 4.98 Å². The molecular weight excluding hydrogens is 312 g/mol. The molecule has 4 rings (SSSR count). The van der Waals surface area contributed by atoms with Gasteiger partial charge in [0, 0.05) is 18.0 Å². The number of imidazole rings is 1. The number of anilines is 1. The van der Waals surface area contributed by atoms with Crippen molar-refractivity contribution in [3.8, 4) is 17.1 Å². The van der Waals surface area contributed by atoms with Gasteiger partial charge in [0.25, 0.3) is 0 Å². The van der Waals surface area contributed by atoms with Crippen LogP contribution in [-0.4, -0.2) is 20.9 Å². The number of benzene rings is 2. The first-order valence-corrected chi connectivity index (χ1v) is 8.11. The Morgan fingerprint density at radius 3 is 2.60 bits per heavy atom. The first-order chi connectivity index (χ1) is 12.2. The Bertz CT molecular complexity index is 1050. The van der Waals surface area contributed by atoms with Crippen molar-refractivity contribution in [2.45, 2.75) is 13.8 Å². The molecule has 1 amide bonds. The number of rotatable bonds is 4. The Balaban J connectivity index is 1.79. The Morgan fingerprint density at radius 1 is 1.08 bits per heavy atom. The number of aromatic nitrogens is 3. The van der Waals surface area contributed by atoms with Gasteiger partial charge in [0.05, 0.1) is 16.9 Å². The molecule has 0 aliphatic rings. The minimum Gasteiger partial charge on any atom is -0.338 e. The van der Waals surface area contributed by atoms with Gasteiger partial charge in [-0.3, -0.25) is 4.79 Å². The summed E-state index contributed by atoms with van der Waals surface area (Å²) in [5.41, 5.74) is 6.98. The number of carbonyl (C=O) groups excluding carboxylic acids is 1. The summed E-state index contributed by atoms with van der Waals surface area (Å²) in [7, 11) is 0. The highest BCUT2D eigenvalue weighted by atomic mass is 16.1. The van der Waals surface area contributed by atoms with Crippen LogP contribution < -0.4 is 5.32 Å². The molecule has 5 nitrogen and oxygen atoms in total. The summed E-state index contributed by atoms with van der Waals surface area (Å²) in [6, 6.07) is 14.0. The molecule has 5 heteroatoms. The molecule has 0 atom stereocenters. The van der Waals surface area contributed by atoms with E-state index in [2.05, 4.69) is 58.1 Å². The van der Waals surface area contributed by atoms with Crippen LogP contribution in [0, 0.1) is 13.8 Å². The summed E-state index contributed by atoms with van der Waals surface area (Å²) in [6.07, 6.45) is 4.78. The summed E-state index contributed by atoms with van der Waals surface area (Å²) < 4.78 is 2.12. The van der Waals surface area contributed by atoms with E-state index in [1.807, 2.05) is 30.5 Å². The first kappa shape index (κ1) is 15.2. The predicted molar refractivity (Wildman–Crippen MR) is 100 cm³/mol. The van der Waals surface area contributed by atoms with Gasteiger partial charge in [-0.05, 0) is 43.2 Å². The molecule has 0 unspecified atom stereocenters. The van der Waals surface area contributed by atoms with Gasteiger partial charge in [0.1, 0.15) is 11.3 Å². The second kappa shape index (κ2) is 5.94. The third-order valence-corrected chi connectivity index (χ3v) is 4.39. The monoisotopic (exact) mass is 330 g/mol. The van der Waals surface area contributed by atoms with E-state index >= 15 is 0 Å². The van der Waals surface area contributed by atoms with Gasteiger partial charge in [-0.15, -0.1) is 0 Å². The number of H-pyrrole nitrogens is 1. The number of para-hydroxylation sites is 2. The van der Waals surface area contributed by atoms with Crippen LogP contribution in [0.2, 0.25) is 0 Å². The van der Waals surface area contributed by atoms with E-state index in [0.29, 0.717) is 12.1 Å². The largest absolute Gasteiger partial charge is 0.338 e. The summed E-state index contributed by atoms with van der Waals surface area (Å²) >= 11 is 0. The molecule has 0 bridgehead atoms. The summed E-state index contributed by atoms with van der Waals surface area (Å²) in [6.45, 7) is 4.22. The topological polar surface area (TPSA) is 62.7 Å². The lowest BCUT2D eigenvalue weighted by Gasteiger charge is -2.10. The Hall–Kier alpha value is -3.34. The fourth-order valence-corrected chi connectivity index (χ4v) is 3.24. The molecule has 2 aromatic heterocycles. The van der Waals surface area contributed by atoms with Crippen LogP contribution in [0.4, 0.5) is 5.69 Å². The van der Waals surface area contributed by atoms with Crippen molar-refractivity contribution in [3.05, 3.63) is 66.0 Å². The van der Waals surface area contributed by atoms with Crippen molar-refractivity contribution in [3.63, 3.8) is 0 Å². The van der Waals surface area contributed by atoms with Gasteiger partial charge in [0.2, 0.25) is 6.41 Å². The number of hydrogen-bond donors (Lipinski definition) is 2. The Labute approximate surface area is 145 Å². The zero-order valence-corrected chi connectivity index (χ0v) is 14.1. The molecule has 124 valence electrons. The molecular formula is C20H18N4O. The number of aromatic amines is 1. The van der Waals surface area contributed by atoms with Gasteiger partial charge in [0.15, 0.2) is 0 Å². The molecule has 2 N–H and O–H groups in total. The van der Waals surface area contributed by atoms with Gasteiger partial charge in [-0.1, -0.05) is 24.3 Å². The van der Waals surface area contributed by atoms with Gasteiger partial charge in [-0.2, -0.15) is 0 Å². The number of aryl methyl sites for hydroxylation is 2. The summed E-state index contributed by atoms with van der Waals surface area (Å²) in [4.78, 5) is 18.8. The van der Waals surface area contributed by atoms with Crippen LogP contribution in [0.3, 0.4) is 0 Å². The minimum atomic E-state index is 0.667. The SMILES string of the molecule is Cc1cccc(C)c1-n1ccc(-c2nc3c(NC=O)cccc3[nH]2)c1. The number of carbonyl (C=O) groups is 1. The van der Waals surface area contributed by atoms with Crippen molar-refractivity contribution >= 4 is 23.1 Å². The number of fused-ring (bicyclic) bond motifs is 1. The highest BCUT2D eigenvalue weighted by Crippen LogP contribution is 2.27. The molecule has 4 aromatic rings. The Morgan fingerprint density at radius 2 is 1.84 bits per heavy atom. The van der Waals surface area contributed by atoms with Crippen molar-refractivity contribution in [2.24, 2.45) is 0 Å². The van der Waals surface area contributed by atoms with Crippen molar-refractivity contribution in [1.82, 2.24) is 14.5 Å². The molecule has 2 aromatic carbocycles. The third-order valence-electron chi connectivity index (χ3n) is 4.39. The number of nitrogens with zero attached hydrogens (tertiary/aromatic N) is 2. The molecule has 25 heavy (non-hydrogen) atoms. The average molecular weight is 330 g/mol. The first-order valence-electron chi connectivity index (χ1n) is 8.11. The molecule has 0 aliphatic carbocycles. The van der Waals surface area contributed by atoms with Crippen LogP contribution >= 0.6 is 0 Å². The number of nitrogens with one attached hydrogen (secondary N) is 2. The lowest BCUT2D eigenvalue weighted by Crippen LogP contribution is -1.96. The maximum Gasteiger partial charge on any atom is 0.211 e. The number of hydrogen-bond acceptors (Lipinski definition) is 2. The molecule has 2 heterocycles. The van der Waals surface area contributed by atoms with Crippen molar-refractivity contribution in [2.75, 3.05) is 5.32 Å². The fraction of sp³-hybridized carbons (Fsp3) is 0.100. The van der Waals surface area contributed by atoms with Gasteiger partial charge >= 0.3 is 0 Å². The molecule has 0 spiro atoms. The highest BCUT2D eigenvalue weighted by Gasteiger charge is 2.11. The van der Waals surface area contributed by atoms with Crippen LogP contribution in [0.5, 0.6) is 0 Å². The lowest BCUT2D eigenvalue weighted by molar-refractivity contribution is -0.105. The van der Waals surface area contributed by atoms with Crippen molar-refractivity contribution in [1.29, 1.82) is 0 Å². The van der Waals surface area contributed by atoms with Crippen LogP contribution in [0.25, 0.3) is 28.1 Å².